The average molecular weight is 332 g/mol. The summed E-state index contributed by atoms with van der Waals surface area (Å²) in [5.74, 6) is -0.371. The number of aliphatic carboxylic acids is 1. The van der Waals surface area contributed by atoms with E-state index in [0.717, 1.165) is 50.5 Å². The Balaban J connectivity index is 1.82. The number of carbonyl (C=O) groups excluding carboxylic acids is 1. The normalized spacial score (nSPS) is 39.2. The van der Waals surface area contributed by atoms with Gasteiger partial charge < -0.3 is 9.84 Å². The molecule has 4 atom stereocenters. The summed E-state index contributed by atoms with van der Waals surface area (Å²) in [5.41, 5.74) is 1.67. The van der Waals surface area contributed by atoms with Crippen LogP contribution >= 0.6 is 0 Å². The molecular formula is C20H28O4. The highest BCUT2D eigenvalue weighted by molar-refractivity contribution is 5.85. The van der Waals surface area contributed by atoms with Gasteiger partial charge in [0, 0.05) is 6.08 Å². The number of carboxylic acids is 1. The number of rotatable bonds is 4. The van der Waals surface area contributed by atoms with Crippen LogP contribution in [-0.2, 0) is 14.3 Å². The van der Waals surface area contributed by atoms with Crippen molar-refractivity contribution in [2.24, 2.45) is 22.7 Å². The molecule has 4 nitrogen and oxygen atoms in total. The molecular weight excluding hydrogens is 304 g/mol. The van der Waals surface area contributed by atoms with E-state index in [4.69, 9.17) is 4.74 Å². The third-order valence-electron chi connectivity index (χ3n) is 6.98. The molecule has 1 heterocycles. The maximum Gasteiger partial charge on any atom is 0.331 e. The average Bonchev–Trinajstić information content (AvgIpc) is 2.91. The van der Waals surface area contributed by atoms with Crippen LogP contribution in [0.4, 0.5) is 0 Å². The SMILES string of the molecule is C=C1CC[C@@H]2[C@](C)(CCC[C@]2(C)C(=O)O)[C@H]1CCC1=CC(=O)OC1. The van der Waals surface area contributed by atoms with Gasteiger partial charge in [-0.05, 0) is 68.3 Å². The number of hydrogen-bond donors (Lipinski definition) is 1. The molecule has 4 heteroatoms. The molecule has 3 rings (SSSR count). The fraction of sp³-hybridized carbons (Fsp3) is 0.700. The van der Waals surface area contributed by atoms with Gasteiger partial charge in [0.1, 0.15) is 6.61 Å². The predicted molar refractivity (Wildman–Crippen MR) is 91.3 cm³/mol. The van der Waals surface area contributed by atoms with E-state index in [-0.39, 0.29) is 17.3 Å². The first-order valence-corrected chi connectivity index (χ1v) is 9.04. The van der Waals surface area contributed by atoms with E-state index in [1.165, 1.54) is 5.57 Å². The summed E-state index contributed by atoms with van der Waals surface area (Å²) in [6.07, 6.45) is 8.03. The van der Waals surface area contributed by atoms with Crippen molar-refractivity contribution < 1.29 is 19.4 Å². The fourth-order valence-electron chi connectivity index (χ4n) is 5.63. The molecule has 0 spiro atoms. The Hall–Kier alpha value is -1.58. The van der Waals surface area contributed by atoms with Crippen LogP contribution in [-0.4, -0.2) is 23.7 Å². The summed E-state index contributed by atoms with van der Waals surface area (Å²) in [6, 6.07) is 0. The number of fused-ring (bicyclic) bond motifs is 1. The highest BCUT2D eigenvalue weighted by atomic mass is 16.5. The lowest BCUT2D eigenvalue weighted by atomic mass is 9.46. The molecule has 2 fully saturated rings. The summed E-state index contributed by atoms with van der Waals surface area (Å²) in [7, 11) is 0. The molecule has 0 aromatic carbocycles. The Morgan fingerprint density at radius 2 is 2.17 bits per heavy atom. The van der Waals surface area contributed by atoms with Crippen LogP contribution in [0.15, 0.2) is 23.8 Å². The summed E-state index contributed by atoms with van der Waals surface area (Å²) in [5, 5.41) is 9.85. The molecule has 0 saturated heterocycles. The largest absolute Gasteiger partial charge is 0.481 e. The van der Waals surface area contributed by atoms with Crippen molar-refractivity contribution in [3.8, 4) is 0 Å². The van der Waals surface area contributed by atoms with E-state index < -0.39 is 11.4 Å². The molecule has 132 valence electrons. The standard InChI is InChI=1S/C20H28O4/c1-13-5-8-16-19(2,9-4-10-20(16,3)18(22)23)15(13)7-6-14-11-17(21)24-12-14/h11,15-16H,1,4-10,12H2,2-3H3,(H,22,23)/t15-,16+,19+,20-/m0/s1. The van der Waals surface area contributed by atoms with Crippen LogP contribution in [0.3, 0.4) is 0 Å². The summed E-state index contributed by atoms with van der Waals surface area (Å²) >= 11 is 0. The number of hydrogen-bond acceptors (Lipinski definition) is 3. The second-order valence-electron chi connectivity index (χ2n) is 8.33. The number of cyclic esters (lactones) is 1. The van der Waals surface area contributed by atoms with Crippen LogP contribution in [0, 0.1) is 22.7 Å². The van der Waals surface area contributed by atoms with E-state index in [1.807, 2.05) is 6.92 Å². The zero-order chi connectivity index (χ0) is 17.5. The van der Waals surface area contributed by atoms with Crippen LogP contribution in [0.5, 0.6) is 0 Å². The van der Waals surface area contributed by atoms with Gasteiger partial charge in [-0.15, -0.1) is 0 Å². The first-order valence-electron chi connectivity index (χ1n) is 9.04. The van der Waals surface area contributed by atoms with Crippen molar-refractivity contribution in [2.45, 2.75) is 58.8 Å². The highest BCUT2D eigenvalue weighted by Gasteiger charge is 2.57. The molecule has 2 saturated carbocycles. The minimum Gasteiger partial charge on any atom is -0.481 e. The van der Waals surface area contributed by atoms with Gasteiger partial charge in [0.05, 0.1) is 5.41 Å². The Bertz CT molecular complexity index is 605. The van der Waals surface area contributed by atoms with E-state index in [1.54, 1.807) is 6.08 Å². The highest BCUT2D eigenvalue weighted by Crippen LogP contribution is 2.62. The number of carboxylic acid groups (broad SMARTS) is 1. The lowest BCUT2D eigenvalue weighted by Gasteiger charge is -2.57. The smallest absolute Gasteiger partial charge is 0.331 e. The van der Waals surface area contributed by atoms with Crippen molar-refractivity contribution in [1.82, 2.24) is 0 Å². The first kappa shape index (κ1) is 17.2. The summed E-state index contributed by atoms with van der Waals surface area (Å²) in [4.78, 5) is 23.2. The number of ether oxygens (including phenoxy) is 1. The van der Waals surface area contributed by atoms with Gasteiger partial charge in [0.15, 0.2) is 0 Å². The number of esters is 1. The molecule has 0 amide bonds. The topological polar surface area (TPSA) is 63.6 Å². The maximum absolute atomic E-state index is 12.0. The molecule has 0 aromatic rings. The van der Waals surface area contributed by atoms with E-state index in [0.29, 0.717) is 12.5 Å². The molecule has 2 aliphatic carbocycles. The molecule has 3 aliphatic rings. The Labute approximate surface area is 144 Å². The molecule has 1 aliphatic heterocycles. The fourth-order valence-corrected chi connectivity index (χ4v) is 5.63. The lowest BCUT2D eigenvalue weighted by molar-refractivity contribution is -0.164. The van der Waals surface area contributed by atoms with Crippen molar-refractivity contribution in [2.75, 3.05) is 6.61 Å². The molecule has 1 N–H and O–H groups in total. The molecule has 0 unspecified atom stereocenters. The Morgan fingerprint density at radius 3 is 2.79 bits per heavy atom. The van der Waals surface area contributed by atoms with E-state index in [2.05, 4.69) is 13.5 Å². The monoisotopic (exact) mass is 332 g/mol. The second kappa shape index (κ2) is 6.05. The van der Waals surface area contributed by atoms with Gasteiger partial charge in [0.25, 0.3) is 0 Å². The van der Waals surface area contributed by atoms with Gasteiger partial charge in [-0.1, -0.05) is 25.5 Å². The molecule has 0 bridgehead atoms. The van der Waals surface area contributed by atoms with Crippen LogP contribution in [0.1, 0.15) is 58.8 Å². The Morgan fingerprint density at radius 1 is 1.42 bits per heavy atom. The molecule has 24 heavy (non-hydrogen) atoms. The lowest BCUT2D eigenvalue weighted by Crippen LogP contribution is -2.53. The van der Waals surface area contributed by atoms with Gasteiger partial charge in [0.2, 0.25) is 0 Å². The van der Waals surface area contributed by atoms with Crippen LogP contribution in [0.2, 0.25) is 0 Å². The predicted octanol–water partition coefficient (Wildman–Crippen LogP) is 4.11. The zero-order valence-corrected chi connectivity index (χ0v) is 14.8. The number of carbonyl (C=O) groups is 2. The van der Waals surface area contributed by atoms with Gasteiger partial charge in [-0.25, -0.2) is 4.79 Å². The minimum absolute atomic E-state index is 0.00917. The quantitative estimate of drug-likeness (QED) is 0.621. The minimum atomic E-state index is -0.651. The zero-order valence-electron chi connectivity index (χ0n) is 14.8. The van der Waals surface area contributed by atoms with E-state index in [9.17, 15) is 14.7 Å². The molecule has 0 radical (unpaired) electrons. The van der Waals surface area contributed by atoms with E-state index >= 15 is 0 Å². The molecule has 0 aromatic heterocycles. The first-order chi connectivity index (χ1) is 11.3. The van der Waals surface area contributed by atoms with Gasteiger partial charge >= 0.3 is 11.9 Å². The van der Waals surface area contributed by atoms with Crippen molar-refractivity contribution in [1.29, 1.82) is 0 Å². The maximum atomic E-state index is 12.0. The van der Waals surface area contributed by atoms with Crippen LogP contribution in [0.25, 0.3) is 0 Å². The van der Waals surface area contributed by atoms with Gasteiger partial charge in [-0.2, -0.15) is 0 Å². The third kappa shape index (κ3) is 2.70. The van der Waals surface area contributed by atoms with Crippen molar-refractivity contribution in [3.05, 3.63) is 23.8 Å². The third-order valence-corrected chi connectivity index (χ3v) is 6.98. The van der Waals surface area contributed by atoms with Gasteiger partial charge in [-0.3, -0.25) is 4.79 Å². The van der Waals surface area contributed by atoms with Crippen molar-refractivity contribution in [3.63, 3.8) is 0 Å². The Kier molecular flexibility index (Phi) is 4.35. The number of allylic oxidation sites excluding steroid dienone is 1. The summed E-state index contributed by atoms with van der Waals surface area (Å²) < 4.78 is 5.00. The second-order valence-corrected chi connectivity index (χ2v) is 8.33. The van der Waals surface area contributed by atoms with Crippen LogP contribution < -0.4 is 0 Å². The van der Waals surface area contributed by atoms with Crippen molar-refractivity contribution >= 4 is 11.9 Å². The summed E-state index contributed by atoms with van der Waals surface area (Å²) in [6.45, 7) is 8.94.